The molecule has 0 aliphatic carbocycles. The summed E-state index contributed by atoms with van der Waals surface area (Å²) in [6, 6.07) is 6.55. The molecule has 0 atom stereocenters. The van der Waals surface area contributed by atoms with Gasteiger partial charge in [-0.3, -0.25) is 0 Å². The molecule has 0 spiro atoms. The van der Waals surface area contributed by atoms with E-state index in [1.807, 2.05) is 13.8 Å². The highest BCUT2D eigenvalue weighted by atomic mass is 16.5. The number of benzene rings is 1. The molecule has 0 bridgehead atoms. The maximum Gasteiger partial charge on any atom is 0.138 e. The fourth-order valence-electron chi connectivity index (χ4n) is 2.70. The Kier molecular flexibility index (Phi) is 3.80. The highest BCUT2D eigenvalue weighted by Gasteiger charge is 2.08. The Hall–Kier alpha value is -2.07. The van der Waals surface area contributed by atoms with E-state index in [-0.39, 0.29) is 0 Å². The third kappa shape index (κ3) is 2.85. The summed E-state index contributed by atoms with van der Waals surface area (Å²) in [5, 5.41) is 8.76. The Morgan fingerprint density at radius 2 is 2.10 bits per heavy atom. The summed E-state index contributed by atoms with van der Waals surface area (Å²) in [4.78, 5) is 3.35. The summed E-state index contributed by atoms with van der Waals surface area (Å²) < 4.78 is 5.17. The van der Waals surface area contributed by atoms with Crippen molar-refractivity contribution < 1.29 is 4.52 Å². The number of nitrogens with zero attached hydrogens (tertiary/aromatic N) is 1. The van der Waals surface area contributed by atoms with Crippen LogP contribution in [0.3, 0.4) is 0 Å². The van der Waals surface area contributed by atoms with Gasteiger partial charge in [0, 0.05) is 29.2 Å². The molecule has 2 aromatic heterocycles. The van der Waals surface area contributed by atoms with E-state index >= 15 is 0 Å². The van der Waals surface area contributed by atoms with Crippen molar-refractivity contribution >= 4 is 10.9 Å². The standard InChI is InChI=1S/C17H21N3O/c1-11-4-5-15-14(9-19-17(15)8-11)6-7-18-10-16-12(2)20-21-13(16)3/h4-5,8-9,18-19H,6-7,10H2,1-3H3. The molecule has 0 fully saturated rings. The van der Waals surface area contributed by atoms with Crippen molar-refractivity contribution in [3.8, 4) is 0 Å². The van der Waals surface area contributed by atoms with Gasteiger partial charge in [-0.05, 0) is 50.9 Å². The van der Waals surface area contributed by atoms with Crippen LogP contribution in [0, 0.1) is 20.8 Å². The summed E-state index contributed by atoms with van der Waals surface area (Å²) in [7, 11) is 0. The van der Waals surface area contributed by atoms with Gasteiger partial charge in [0.05, 0.1) is 5.69 Å². The van der Waals surface area contributed by atoms with Crippen molar-refractivity contribution in [1.29, 1.82) is 0 Å². The minimum Gasteiger partial charge on any atom is -0.361 e. The number of aromatic nitrogens is 2. The predicted octanol–water partition coefficient (Wildman–Crippen LogP) is 3.41. The number of hydrogen-bond acceptors (Lipinski definition) is 3. The van der Waals surface area contributed by atoms with Gasteiger partial charge in [0.2, 0.25) is 0 Å². The lowest BCUT2D eigenvalue weighted by Gasteiger charge is -2.04. The molecule has 0 radical (unpaired) electrons. The summed E-state index contributed by atoms with van der Waals surface area (Å²) >= 11 is 0. The normalized spacial score (nSPS) is 11.4. The monoisotopic (exact) mass is 283 g/mol. The Bertz CT molecular complexity index is 735. The minimum absolute atomic E-state index is 0.808. The van der Waals surface area contributed by atoms with E-state index in [1.165, 1.54) is 27.6 Å². The van der Waals surface area contributed by atoms with Gasteiger partial charge in [0.25, 0.3) is 0 Å². The number of aryl methyl sites for hydroxylation is 3. The first kappa shape index (κ1) is 13.9. The molecule has 0 aliphatic heterocycles. The van der Waals surface area contributed by atoms with Crippen LogP contribution >= 0.6 is 0 Å². The fraction of sp³-hybridized carbons (Fsp3) is 0.353. The maximum atomic E-state index is 5.17. The largest absolute Gasteiger partial charge is 0.361 e. The lowest BCUT2D eigenvalue weighted by molar-refractivity contribution is 0.392. The summed E-state index contributed by atoms with van der Waals surface area (Å²) in [5.41, 5.74) is 6.01. The van der Waals surface area contributed by atoms with Crippen molar-refractivity contribution in [3.05, 3.63) is 52.5 Å². The van der Waals surface area contributed by atoms with Gasteiger partial charge in [-0.2, -0.15) is 0 Å². The van der Waals surface area contributed by atoms with Crippen LogP contribution in [0.15, 0.2) is 28.9 Å². The first-order valence-electron chi connectivity index (χ1n) is 7.34. The molecule has 4 heteroatoms. The molecule has 21 heavy (non-hydrogen) atoms. The van der Waals surface area contributed by atoms with E-state index in [2.05, 4.69) is 46.8 Å². The quantitative estimate of drug-likeness (QED) is 0.705. The highest BCUT2D eigenvalue weighted by molar-refractivity contribution is 5.83. The number of hydrogen-bond donors (Lipinski definition) is 2. The van der Waals surface area contributed by atoms with Gasteiger partial charge in [-0.1, -0.05) is 17.3 Å². The zero-order valence-corrected chi connectivity index (χ0v) is 12.8. The van der Waals surface area contributed by atoms with Crippen LogP contribution < -0.4 is 5.32 Å². The van der Waals surface area contributed by atoms with E-state index in [4.69, 9.17) is 4.52 Å². The van der Waals surface area contributed by atoms with E-state index in [1.54, 1.807) is 0 Å². The Labute approximate surface area is 124 Å². The van der Waals surface area contributed by atoms with Crippen molar-refractivity contribution in [3.63, 3.8) is 0 Å². The predicted molar refractivity (Wildman–Crippen MR) is 84.4 cm³/mol. The van der Waals surface area contributed by atoms with Gasteiger partial charge in [-0.25, -0.2) is 0 Å². The van der Waals surface area contributed by atoms with Crippen LogP contribution in [-0.2, 0) is 13.0 Å². The molecule has 0 saturated carbocycles. The van der Waals surface area contributed by atoms with Gasteiger partial charge in [0.15, 0.2) is 0 Å². The molecule has 110 valence electrons. The van der Waals surface area contributed by atoms with Crippen LogP contribution in [0.2, 0.25) is 0 Å². The molecule has 0 unspecified atom stereocenters. The molecular weight excluding hydrogens is 262 g/mol. The number of nitrogens with one attached hydrogen (secondary N) is 2. The molecule has 3 aromatic rings. The summed E-state index contributed by atoms with van der Waals surface area (Å²) in [6.07, 6.45) is 3.12. The van der Waals surface area contributed by atoms with Gasteiger partial charge >= 0.3 is 0 Å². The van der Waals surface area contributed by atoms with Crippen LogP contribution in [-0.4, -0.2) is 16.7 Å². The first-order chi connectivity index (χ1) is 10.1. The Morgan fingerprint density at radius 3 is 2.86 bits per heavy atom. The SMILES string of the molecule is Cc1ccc2c(CCNCc3c(C)noc3C)c[nH]c2c1. The second kappa shape index (κ2) is 5.74. The van der Waals surface area contributed by atoms with Crippen molar-refractivity contribution in [2.45, 2.75) is 33.7 Å². The Balaban J connectivity index is 1.60. The fourth-order valence-corrected chi connectivity index (χ4v) is 2.70. The molecule has 0 amide bonds. The molecule has 1 aromatic carbocycles. The number of rotatable bonds is 5. The lowest BCUT2D eigenvalue weighted by Crippen LogP contribution is -2.17. The molecule has 0 saturated heterocycles. The van der Waals surface area contributed by atoms with Crippen LogP contribution in [0.1, 0.15) is 28.1 Å². The third-order valence-corrected chi connectivity index (χ3v) is 3.98. The Morgan fingerprint density at radius 1 is 1.24 bits per heavy atom. The third-order valence-electron chi connectivity index (χ3n) is 3.98. The average molecular weight is 283 g/mol. The number of fused-ring (bicyclic) bond motifs is 1. The summed E-state index contributed by atoms with van der Waals surface area (Å²) in [5.74, 6) is 0.905. The first-order valence-corrected chi connectivity index (χ1v) is 7.34. The second-order valence-corrected chi connectivity index (χ2v) is 5.59. The van der Waals surface area contributed by atoms with Gasteiger partial charge in [0.1, 0.15) is 5.76 Å². The van der Waals surface area contributed by atoms with E-state index < -0.39 is 0 Å². The van der Waals surface area contributed by atoms with Crippen molar-refractivity contribution in [1.82, 2.24) is 15.5 Å². The second-order valence-electron chi connectivity index (χ2n) is 5.59. The maximum absolute atomic E-state index is 5.17. The van der Waals surface area contributed by atoms with Crippen LogP contribution in [0.4, 0.5) is 0 Å². The molecule has 0 aliphatic rings. The smallest absolute Gasteiger partial charge is 0.138 e. The van der Waals surface area contributed by atoms with Crippen molar-refractivity contribution in [2.24, 2.45) is 0 Å². The minimum atomic E-state index is 0.808. The molecule has 4 nitrogen and oxygen atoms in total. The topological polar surface area (TPSA) is 53.9 Å². The van der Waals surface area contributed by atoms with E-state index in [9.17, 15) is 0 Å². The number of H-pyrrole nitrogens is 1. The van der Waals surface area contributed by atoms with Crippen LogP contribution in [0.5, 0.6) is 0 Å². The molecule has 2 heterocycles. The van der Waals surface area contributed by atoms with Gasteiger partial charge < -0.3 is 14.8 Å². The van der Waals surface area contributed by atoms with E-state index in [0.29, 0.717) is 0 Å². The van der Waals surface area contributed by atoms with Crippen molar-refractivity contribution in [2.75, 3.05) is 6.54 Å². The van der Waals surface area contributed by atoms with E-state index in [0.717, 1.165) is 31.0 Å². The van der Waals surface area contributed by atoms with Gasteiger partial charge in [-0.15, -0.1) is 0 Å². The molecule has 3 rings (SSSR count). The summed E-state index contributed by atoms with van der Waals surface area (Å²) in [6.45, 7) is 7.80. The highest BCUT2D eigenvalue weighted by Crippen LogP contribution is 2.19. The molecular formula is C17H21N3O. The molecule has 2 N–H and O–H groups in total. The number of aromatic amines is 1. The van der Waals surface area contributed by atoms with Crippen LogP contribution in [0.25, 0.3) is 10.9 Å². The zero-order valence-electron chi connectivity index (χ0n) is 12.8. The zero-order chi connectivity index (χ0) is 14.8. The lowest BCUT2D eigenvalue weighted by atomic mass is 10.1. The average Bonchev–Trinajstić information content (AvgIpc) is 3.00.